The molecular weight excluding hydrogens is 246 g/mol. The van der Waals surface area contributed by atoms with Gasteiger partial charge in [-0.3, -0.25) is 14.5 Å². The van der Waals surface area contributed by atoms with Crippen LogP contribution in [0.2, 0.25) is 0 Å². The Balaban J connectivity index is 2.58. The molecule has 0 radical (unpaired) electrons. The monoisotopic (exact) mass is 259 g/mol. The van der Waals surface area contributed by atoms with Gasteiger partial charge in [0.2, 0.25) is 0 Å². The first kappa shape index (κ1) is 13.9. The maximum absolute atomic E-state index is 11.4. The van der Waals surface area contributed by atoms with Crippen molar-refractivity contribution in [3.63, 3.8) is 0 Å². The van der Waals surface area contributed by atoms with Gasteiger partial charge in [0.25, 0.3) is 0 Å². The number of carbonyl (C=O) groups is 4. The van der Waals surface area contributed by atoms with Crippen molar-refractivity contribution in [2.24, 2.45) is 0 Å². The quantitative estimate of drug-likeness (QED) is 0.644. The van der Waals surface area contributed by atoms with Crippen molar-refractivity contribution in [3.8, 4) is 0 Å². The molecule has 1 aliphatic heterocycles. The van der Waals surface area contributed by atoms with Crippen molar-refractivity contribution >= 4 is 23.8 Å². The van der Waals surface area contributed by atoms with E-state index in [2.05, 4.69) is 4.74 Å². The minimum Gasteiger partial charge on any atom is -0.481 e. The number of carbonyl (C=O) groups excluding carboxylic acids is 2. The van der Waals surface area contributed by atoms with Crippen molar-refractivity contribution in [2.45, 2.75) is 25.3 Å². The summed E-state index contributed by atoms with van der Waals surface area (Å²) in [6.45, 7) is 0.202. The third kappa shape index (κ3) is 3.72. The average molecular weight is 259 g/mol. The van der Waals surface area contributed by atoms with Gasteiger partial charge in [0.15, 0.2) is 0 Å². The third-order valence-electron chi connectivity index (χ3n) is 2.49. The maximum Gasteiger partial charge on any atom is 0.410 e. The zero-order valence-electron chi connectivity index (χ0n) is 9.50. The molecule has 100 valence electrons. The van der Waals surface area contributed by atoms with E-state index in [-0.39, 0.29) is 26.0 Å². The standard InChI is InChI=1S/C10H13NO7/c12-6(1-2-8(13)14)5-7(9(15)16)11-3-4-18-10(11)17/h7H,1-5H2,(H,13,14)(H,15,16). The molecule has 0 aromatic carbocycles. The fraction of sp³-hybridized carbons (Fsp3) is 0.600. The molecule has 2 N–H and O–H groups in total. The predicted octanol–water partition coefficient (Wildman–Crippen LogP) is -0.284. The van der Waals surface area contributed by atoms with E-state index in [1.165, 1.54) is 0 Å². The minimum atomic E-state index is -1.31. The number of aliphatic carboxylic acids is 2. The van der Waals surface area contributed by atoms with E-state index in [4.69, 9.17) is 10.2 Å². The summed E-state index contributed by atoms with van der Waals surface area (Å²) in [6.07, 6.45) is -1.77. The van der Waals surface area contributed by atoms with Crippen LogP contribution in [0.1, 0.15) is 19.3 Å². The van der Waals surface area contributed by atoms with Crippen LogP contribution in [0.5, 0.6) is 0 Å². The molecule has 1 heterocycles. The number of carboxylic acid groups (broad SMARTS) is 2. The highest BCUT2D eigenvalue weighted by molar-refractivity contribution is 5.89. The van der Waals surface area contributed by atoms with Gasteiger partial charge in [-0.25, -0.2) is 9.59 Å². The van der Waals surface area contributed by atoms with Gasteiger partial charge < -0.3 is 14.9 Å². The predicted molar refractivity (Wildman–Crippen MR) is 56.0 cm³/mol. The molecule has 1 rings (SSSR count). The van der Waals surface area contributed by atoms with Gasteiger partial charge in [-0.2, -0.15) is 0 Å². The number of carboxylic acids is 2. The Hall–Kier alpha value is -2.12. The number of ketones is 1. The lowest BCUT2D eigenvalue weighted by atomic mass is 10.1. The summed E-state index contributed by atoms with van der Waals surface area (Å²) in [5, 5.41) is 17.4. The first-order valence-electron chi connectivity index (χ1n) is 5.31. The molecule has 1 unspecified atom stereocenters. The van der Waals surface area contributed by atoms with Gasteiger partial charge in [0, 0.05) is 12.8 Å². The SMILES string of the molecule is O=C(O)CCC(=O)CC(C(=O)O)N1CCOC1=O. The van der Waals surface area contributed by atoms with Crippen LogP contribution in [0, 0.1) is 0 Å². The molecule has 0 aromatic rings. The Kier molecular flexibility index (Phi) is 4.64. The zero-order valence-corrected chi connectivity index (χ0v) is 9.50. The van der Waals surface area contributed by atoms with Crippen molar-refractivity contribution in [1.82, 2.24) is 4.90 Å². The van der Waals surface area contributed by atoms with E-state index in [1.807, 2.05) is 0 Å². The second-order valence-corrected chi connectivity index (χ2v) is 3.80. The highest BCUT2D eigenvalue weighted by Crippen LogP contribution is 2.13. The number of rotatable bonds is 7. The topological polar surface area (TPSA) is 121 Å². The summed E-state index contributed by atoms with van der Waals surface area (Å²) in [4.78, 5) is 44.8. The molecule has 1 atom stereocenters. The molecule has 0 spiro atoms. The second-order valence-electron chi connectivity index (χ2n) is 3.80. The first-order chi connectivity index (χ1) is 8.41. The summed E-state index contributed by atoms with van der Waals surface area (Å²) in [5.74, 6) is -2.95. The van der Waals surface area contributed by atoms with E-state index < -0.39 is 36.3 Å². The van der Waals surface area contributed by atoms with Crippen LogP contribution in [0.15, 0.2) is 0 Å². The fourth-order valence-corrected chi connectivity index (χ4v) is 1.58. The summed E-state index contributed by atoms with van der Waals surface area (Å²) < 4.78 is 4.59. The van der Waals surface area contributed by atoms with Gasteiger partial charge in [-0.15, -0.1) is 0 Å². The molecule has 8 nitrogen and oxygen atoms in total. The molecule has 18 heavy (non-hydrogen) atoms. The third-order valence-corrected chi connectivity index (χ3v) is 2.49. The fourth-order valence-electron chi connectivity index (χ4n) is 1.58. The number of Topliss-reactive ketones (excluding diaryl/α,β-unsaturated/α-hetero) is 1. The summed E-state index contributed by atoms with van der Waals surface area (Å²) in [7, 11) is 0. The summed E-state index contributed by atoms with van der Waals surface area (Å²) in [5.41, 5.74) is 0. The highest BCUT2D eigenvalue weighted by atomic mass is 16.6. The van der Waals surface area contributed by atoms with Crippen LogP contribution >= 0.6 is 0 Å². The Labute approximate surface area is 102 Å². The Morgan fingerprint density at radius 3 is 2.39 bits per heavy atom. The number of hydrogen-bond acceptors (Lipinski definition) is 5. The highest BCUT2D eigenvalue weighted by Gasteiger charge is 2.35. The lowest BCUT2D eigenvalue weighted by Gasteiger charge is -2.20. The lowest BCUT2D eigenvalue weighted by molar-refractivity contribution is -0.144. The largest absolute Gasteiger partial charge is 0.481 e. The normalized spacial score (nSPS) is 16.2. The molecule has 0 aliphatic carbocycles. The number of ether oxygens (including phenoxy) is 1. The molecule has 8 heteroatoms. The van der Waals surface area contributed by atoms with E-state index >= 15 is 0 Å². The minimum absolute atomic E-state index is 0.0892. The zero-order chi connectivity index (χ0) is 13.7. The van der Waals surface area contributed by atoms with Crippen molar-refractivity contribution in [3.05, 3.63) is 0 Å². The number of nitrogens with zero attached hydrogens (tertiary/aromatic N) is 1. The van der Waals surface area contributed by atoms with Crippen molar-refractivity contribution < 1.29 is 34.1 Å². The molecule has 1 fully saturated rings. The average Bonchev–Trinajstić information content (AvgIpc) is 2.69. The molecule has 1 aliphatic rings. The van der Waals surface area contributed by atoms with Crippen LogP contribution in [0.3, 0.4) is 0 Å². The van der Waals surface area contributed by atoms with Gasteiger partial charge in [-0.1, -0.05) is 0 Å². The summed E-state index contributed by atoms with van der Waals surface area (Å²) >= 11 is 0. The van der Waals surface area contributed by atoms with Gasteiger partial charge in [0.05, 0.1) is 13.0 Å². The van der Waals surface area contributed by atoms with Gasteiger partial charge in [-0.05, 0) is 0 Å². The van der Waals surface area contributed by atoms with Crippen molar-refractivity contribution in [2.75, 3.05) is 13.2 Å². The van der Waals surface area contributed by atoms with E-state index in [0.717, 1.165) is 4.90 Å². The van der Waals surface area contributed by atoms with Gasteiger partial charge in [0.1, 0.15) is 18.4 Å². The van der Waals surface area contributed by atoms with E-state index in [0.29, 0.717) is 0 Å². The molecule has 1 saturated heterocycles. The Morgan fingerprint density at radius 1 is 1.28 bits per heavy atom. The Morgan fingerprint density at radius 2 is 1.94 bits per heavy atom. The molecule has 0 bridgehead atoms. The van der Waals surface area contributed by atoms with Crippen molar-refractivity contribution in [1.29, 1.82) is 0 Å². The van der Waals surface area contributed by atoms with E-state index in [1.54, 1.807) is 0 Å². The number of cyclic esters (lactones) is 1. The van der Waals surface area contributed by atoms with Crippen LogP contribution in [-0.4, -0.2) is 58.1 Å². The first-order valence-corrected chi connectivity index (χ1v) is 5.31. The molecule has 0 saturated carbocycles. The summed E-state index contributed by atoms with van der Waals surface area (Å²) in [6, 6.07) is -1.29. The smallest absolute Gasteiger partial charge is 0.410 e. The van der Waals surface area contributed by atoms with Crippen LogP contribution in [0.4, 0.5) is 4.79 Å². The van der Waals surface area contributed by atoms with Crippen LogP contribution in [0.25, 0.3) is 0 Å². The number of hydrogen-bond donors (Lipinski definition) is 2. The number of amides is 1. The molecule has 0 aromatic heterocycles. The molecular formula is C10H13NO7. The maximum atomic E-state index is 11.4. The Bertz CT molecular complexity index is 378. The second kappa shape index (κ2) is 5.99. The van der Waals surface area contributed by atoms with Crippen LogP contribution in [-0.2, 0) is 19.1 Å². The molecule has 1 amide bonds. The lowest BCUT2D eigenvalue weighted by Crippen LogP contribution is -2.43. The van der Waals surface area contributed by atoms with Crippen LogP contribution < -0.4 is 0 Å². The van der Waals surface area contributed by atoms with E-state index in [9.17, 15) is 19.2 Å². The van der Waals surface area contributed by atoms with Gasteiger partial charge >= 0.3 is 18.0 Å².